The van der Waals surface area contributed by atoms with Gasteiger partial charge in [-0.3, -0.25) is 4.79 Å². The van der Waals surface area contributed by atoms with Crippen LogP contribution >= 0.6 is 34.2 Å². The average Bonchev–Trinajstić information content (AvgIpc) is 2.87. The molecule has 4 nitrogen and oxygen atoms in total. The Bertz CT molecular complexity index is 1030. The van der Waals surface area contributed by atoms with Gasteiger partial charge in [0.05, 0.1) is 10.2 Å². The number of halogens is 2. The van der Waals surface area contributed by atoms with Gasteiger partial charge in [-0.05, 0) is 54.6 Å². The van der Waals surface area contributed by atoms with Crippen molar-refractivity contribution in [3.05, 3.63) is 107 Å². The number of carbonyl (C=O) groups excluding carboxylic acids is 1. The Morgan fingerprint density at radius 1 is 0.941 bits per heavy atom. The highest BCUT2D eigenvalue weighted by molar-refractivity contribution is 14.1. The van der Waals surface area contributed by atoms with Crippen molar-refractivity contribution in [1.29, 1.82) is 0 Å². The number of carbonyl (C=O) groups is 1. The zero-order valence-corrected chi connectivity index (χ0v) is 22.0. The molecule has 3 aromatic rings. The van der Waals surface area contributed by atoms with E-state index >= 15 is 0 Å². The second-order valence-electron chi connectivity index (χ2n) is 8.91. The zero-order chi connectivity index (χ0) is 24.0. The highest BCUT2D eigenvalue weighted by Gasteiger charge is 2.42. The van der Waals surface area contributed by atoms with Crippen LogP contribution in [0.2, 0.25) is 5.02 Å². The molecule has 0 aliphatic carbocycles. The van der Waals surface area contributed by atoms with Crippen molar-refractivity contribution in [3.8, 4) is 0 Å². The molecule has 0 saturated carbocycles. The number of amides is 1. The lowest BCUT2D eigenvalue weighted by Crippen LogP contribution is -2.49. The summed E-state index contributed by atoms with van der Waals surface area (Å²) in [5.41, 5.74) is 1.30. The lowest BCUT2D eigenvalue weighted by atomic mass is 9.71. The summed E-state index contributed by atoms with van der Waals surface area (Å²) in [6.07, 6.45) is 1.96. The molecule has 0 bridgehead atoms. The molecule has 0 atom stereocenters. The number of nitrogens with zero attached hydrogens (tertiary/aromatic N) is 1. The van der Waals surface area contributed by atoms with Gasteiger partial charge in [-0.1, -0.05) is 107 Å². The van der Waals surface area contributed by atoms with Crippen LogP contribution in [0.5, 0.6) is 0 Å². The Hall–Kier alpha value is -1.93. The van der Waals surface area contributed by atoms with Crippen molar-refractivity contribution in [3.63, 3.8) is 0 Å². The predicted octanol–water partition coefficient (Wildman–Crippen LogP) is 5.51. The van der Waals surface area contributed by atoms with Crippen LogP contribution in [0.15, 0.2) is 84.9 Å². The normalized spacial score (nSPS) is 16.2. The minimum Gasteiger partial charge on any atom is -0.385 e. The molecule has 0 aromatic heterocycles. The Morgan fingerprint density at radius 2 is 1.47 bits per heavy atom. The van der Waals surface area contributed by atoms with Crippen molar-refractivity contribution in [2.24, 2.45) is 0 Å². The number of hydrogen-bond donors (Lipinski definition) is 2. The number of piperidine rings is 1. The van der Waals surface area contributed by atoms with Crippen molar-refractivity contribution in [2.75, 3.05) is 24.2 Å². The second-order valence-corrected chi connectivity index (χ2v) is 10.1. The lowest BCUT2D eigenvalue weighted by molar-refractivity contribution is -0.125. The van der Waals surface area contributed by atoms with Gasteiger partial charge >= 0.3 is 0 Å². The van der Waals surface area contributed by atoms with Crippen LogP contribution in [0.4, 0.5) is 0 Å². The maximum absolute atomic E-state index is 13.7. The molecule has 1 amide bonds. The highest BCUT2D eigenvalue weighted by atomic mass is 127. The molecule has 178 valence electrons. The van der Waals surface area contributed by atoms with E-state index in [0.717, 1.165) is 36.3 Å². The van der Waals surface area contributed by atoms with Crippen molar-refractivity contribution in [1.82, 2.24) is 10.2 Å². The van der Waals surface area contributed by atoms with E-state index in [2.05, 4.69) is 57.1 Å². The SMILES string of the molecule is O=C(NCI)C(CCN1CCC(O)(c2ccc(Cl)cc2)CC1)(c1ccccc1)c1ccccc1. The third-order valence-electron chi connectivity index (χ3n) is 7.02. The summed E-state index contributed by atoms with van der Waals surface area (Å²) in [6.45, 7) is 2.30. The van der Waals surface area contributed by atoms with Crippen LogP contribution in [0.3, 0.4) is 0 Å². The number of alkyl halides is 1. The minimum absolute atomic E-state index is 0.0222. The molecule has 0 radical (unpaired) electrons. The third-order valence-corrected chi connectivity index (χ3v) is 7.65. The van der Waals surface area contributed by atoms with Gasteiger partial charge in [-0.2, -0.15) is 0 Å². The van der Waals surface area contributed by atoms with Crippen molar-refractivity contribution in [2.45, 2.75) is 30.3 Å². The molecule has 0 spiro atoms. The average molecular weight is 589 g/mol. The van der Waals surface area contributed by atoms with Gasteiger partial charge in [-0.15, -0.1) is 0 Å². The van der Waals surface area contributed by atoms with Gasteiger partial charge in [0.2, 0.25) is 5.91 Å². The number of benzene rings is 3. The Labute approximate surface area is 220 Å². The molecule has 1 fully saturated rings. The maximum Gasteiger partial charge on any atom is 0.235 e. The number of likely N-dealkylation sites (tertiary alicyclic amines) is 1. The molecular weight excluding hydrogens is 559 g/mol. The lowest BCUT2D eigenvalue weighted by Gasteiger charge is -2.41. The van der Waals surface area contributed by atoms with E-state index < -0.39 is 11.0 Å². The Balaban J connectivity index is 1.56. The van der Waals surface area contributed by atoms with Gasteiger partial charge in [0.25, 0.3) is 0 Å². The first-order chi connectivity index (χ1) is 16.5. The van der Waals surface area contributed by atoms with E-state index in [1.807, 2.05) is 60.7 Å². The third kappa shape index (κ3) is 5.33. The first-order valence-corrected chi connectivity index (χ1v) is 13.5. The monoisotopic (exact) mass is 588 g/mol. The fraction of sp³-hybridized carbons (Fsp3) is 0.321. The van der Waals surface area contributed by atoms with Crippen LogP contribution in [0, 0.1) is 0 Å². The van der Waals surface area contributed by atoms with Crippen molar-refractivity contribution < 1.29 is 9.90 Å². The quantitative estimate of drug-likeness (QED) is 0.207. The smallest absolute Gasteiger partial charge is 0.235 e. The molecule has 1 aliphatic rings. The topological polar surface area (TPSA) is 52.6 Å². The van der Waals surface area contributed by atoms with E-state index in [1.165, 1.54) is 0 Å². The number of hydrogen-bond acceptors (Lipinski definition) is 3. The van der Waals surface area contributed by atoms with E-state index in [1.54, 1.807) is 0 Å². The maximum atomic E-state index is 13.7. The molecule has 1 saturated heterocycles. The molecular formula is C28H30ClIN2O2. The first kappa shape index (κ1) is 25.2. The van der Waals surface area contributed by atoms with Gasteiger partial charge in [0.15, 0.2) is 0 Å². The summed E-state index contributed by atoms with van der Waals surface area (Å²) in [7, 11) is 0. The summed E-state index contributed by atoms with van der Waals surface area (Å²) < 4.78 is 0.551. The molecule has 2 N–H and O–H groups in total. The summed E-state index contributed by atoms with van der Waals surface area (Å²) in [6, 6.07) is 27.7. The number of nitrogens with one attached hydrogen (secondary N) is 1. The summed E-state index contributed by atoms with van der Waals surface area (Å²) in [5, 5.41) is 15.0. The first-order valence-electron chi connectivity index (χ1n) is 11.6. The van der Waals surface area contributed by atoms with Gasteiger partial charge < -0.3 is 15.3 Å². The fourth-order valence-corrected chi connectivity index (χ4v) is 5.48. The van der Waals surface area contributed by atoms with E-state index in [-0.39, 0.29) is 5.91 Å². The summed E-state index contributed by atoms with van der Waals surface area (Å²) in [4.78, 5) is 16.0. The second kappa shape index (κ2) is 11.2. The zero-order valence-electron chi connectivity index (χ0n) is 19.1. The Kier molecular flexibility index (Phi) is 8.30. The van der Waals surface area contributed by atoms with Crippen LogP contribution < -0.4 is 5.32 Å². The molecule has 0 unspecified atom stereocenters. The summed E-state index contributed by atoms with van der Waals surface area (Å²) in [5.74, 6) is 0.0222. The largest absolute Gasteiger partial charge is 0.385 e. The summed E-state index contributed by atoms with van der Waals surface area (Å²) >= 11 is 8.22. The standard InChI is InChI=1S/C28H30ClIN2O2/c29-25-13-11-22(12-14-25)27(34)15-18-32(19-16-27)20-17-28(26(33)31-21-30,23-7-3-1-4-8-23)24-9-5-2-6-10-24/h1-14,34H,15-21H2,(H,31,33). The van der Waals surface area contributed by atoms with Gasteiger partial charge in [0.1, 0.15) is 5.41 Å². The number of aliphatic hydroxyl groups is 1. The van der Waals surface area contributed by atoms with E-state index in [9.17, 15) is 9.90 Å². The molecule has 1 aliphatic heterocycles. The van der Waals surface area contributed by atoms with E-state index in [4.69, 9.17) is 11.6 Å². The fourth-order valence-electron chi connectivity index (χ4n) is 5.01. The van der Waals surface area contributed by atoms with Crippen molar-refractivity contribution >= 4 is 40.1 Å². The van der Waals surface area contributed by atoms with Crippen LogP contribution in [0.1, 0.15) is 36.0 Å². The molecule has 1 heterocycles. The number of rotatable bonds is 8. The molecule has 3 aromatic carbocycles. The van der Waals surface area contributed by atoms with Gasteiger partial charge in [-0.25, -0.2) is 0 Å². The Morgan fingerprint density at radius 3 is 1.97 bits per heavy atom. The predicted molar refractivity (Wildman–Crippen MR) is 146 cm³/mol. The van der Waals surface area contributed by atoms with E-state index in [0.29, 0.717) is 28.8 Å². The highest BCUT2D eigenvalue weighted by Crippen LogP contribution is 2.38. The minimum atomic E-state index is -0.838. The van der Waals surface area contributed by atoms with Crippen LogP contribution in [0.25, 0.3) is 0 Å². The van der Waals surface area contributed by atoms with Gasteiger partial charge in [0, 0.05) is 18.1 Å². The molecule has 34 heavy (non-hydrogen) atoms. The molecule has 6 heteroatoms. The van der Waals surface area contributed by atoms with Crippen LogP contribution in [-0.4, -0.2) is 40.1 Å². The van der Waals surface area contributed by atoms with Crippen LogP contribution in [-0.2, 0) is 15.8 Å². The molecule has 4 rings (SSSR count).